The van der Waals surface area contributed by atoms with Crippen LogP contribution in [0.4, 0.5) is 5.69 Å². The fourth-order valence-electron chi connectivity index (χ4n) is 2.17. The summed E-state index contributed by atoms with van der Waals surface area (Å²) >= 11 is 0. The zero-order chi connectivity index (χ0) is 12.8. The molecular formula is C15H20N2O. The number of carbonyl (C=O) groups excluding carboxylic acids is 1. The smallest absolute Gasteiger partial charge is 0.222 e. The Bertz CT molecular complexity index is 411. The molecule has 0 radical (unpaired) electrons. The summed E-state index contributed by atoms with van der Waals surface area (Å²) in [6, 6.07) is 8.25. The number of anilines is 1. The highest BCUT2D eigenvalue weighted by atomic mass is 16.2. The van der Waals surface area contributed by atoms with Crippen LogP contribution in [0.3, 0.4) is 0 Å². The van der Waals surface area contributed by atoms with Crippen molar-refractivity contribution in [2.45, 2.75) is 25.8 Å². The quantitative estimate of drug-likeness (QED) is 0.808. The summed E-state index contributed by atoms with van der Waals surface area (Å²) in [6.07, 6.45) is 4.71. The molecule has 0 unspecified atom stereocenters. The lowest BCUT2D eigenvalue weighted by atomic mass is 10.1. The zero-order valence-corrected chi connectivity index (χ0v) is 10.7. The van der Waals surface area contributed by atoms with E-state index in [9.17, 15) is 4.79 Å². The number of rotatable bonds is 5. The standard InChI is InChI=1S/C15H20N2O/c1-2-10-16-14-8-6-13(7-9-14)12-17-11-4-3-5-15(17)18/h2,6-9,16H,1,3-5,10-12H2. The second-order valence-corrected chi connectivity index (χ2v) is 4.64. The molecule has 1 aromatic rings. The minimum Gasteiger partial charge on any atom is -0.382 e. The Morgan fingerprint density at radius 2 is 2.06 bits per heavy atom. The first-order chi connectivity index (χ1) is 8.79. The van der Waals surface area contributed by atoms with Gasteiger partial charge in [-0.15, -0.1) is 6.58 Å². The Hall–Kier alpha value is -1.77. The molecule has 0 aliphatic carbocycles. The number of hydrogen-bond acceptors (Lipinski definition) is 2. The van der Waals surface area contributed by atoms with Crippen LogP contribution in [-0.4, -0.2) is 23.9 Å². The number of piperidine rings is 1. The van der Waals surface area contributed by atoms with Crippen LogP contribution in [-0.2, 0) is 11.3 Å². The lowest BCUT2D eigenvalue weighted by Crippen LogP contribution is -2.34. The number of hydrogen-bond donors (Lipinski definition) is 1. The molecule has 1 aliphatic rings. The van der Waals surface area contributed by atoms with Crippen molar-refractivity contribution in [1.29, 1.82) is 0 Å². The van der Waals surface area contributed by atoms with Crippen molar-refractivity contribution in [2.24, 2.45) is 0 Å². The monoisotopic (exact) mass is 244 g/mol. The molecule has 0 atom stereocenters. The number of carbonyl (C=O) groups is 1. The maximum absolute atomic E-state index is 11.7. The predicted molar refractivity (Wildman–Crippen MR) is 74.4 cm³/mol. The number of nitrogens with zero attached hydrogens (tertiary/aromatic N) is 1. The molecule has 3 heteroatoms. The molecule has 0 saturated carbocycles. The van der Waals surface area contributed by atoms with Crippen molar-refractivity contribution >= 4 is 11.6 Å². The Kier molecular flexibility index (Phi) is 4.40. The number of benzene rings is 1. The van der Waals surface area contributed by atoms with Crippen LogP contribution in [0.1, 0.15) is 24.8 Å². The van der Waals surface area contributed by atoms with Gasteiger partial charge in [0.2, 0.25) is 5.91 Å². The van der Waals surface area contributed by atoms with E-state index in [1.54, 1.807) is 0 Å². The van der Waals surface area contributed by atoms with E-state index < -0.39 is 0 Å². The Morgan fingerprint density at radius 3 is 2.72 bits per heavy atom. The van der Waals surface area contributed by atoms with Gasteiger partial charge < -0.3 is 10.2 Å². The number of amides is 1. The topological polar surface area (TPSA) is 32.3 Å². The molecule has 0 spiro atoms. The molecule has 18 heavy (non-hydrogen) atoms. The lowest BCUT2D eigenvalue weighted by Gasteiger charge is -2.26. The van der Waals surface area contributed by atoms with Gasteiger partial charge in [-0.25, -0.2) is 0 Å². The summed E-state index contributed by atoms with van der Waals surface area (Å²) < 4.78 is 0. The van der Waals surface area contributed by atoms with Crippen molar-refractivity contribution in [3.8, 4) is 0 Å². The largest absolute Gasteiger partial charge is 0.382 e. The van der Waals surface area contributed by atoms with Crippen LogP contribution in [0, 0.1) is 0 Å². The third kappa shape index (κ3) is 3.36. The fourth-order valence-corrected chi connectivity index (χ4v) is 2.17. The van der Waals surface area contributed by atoms with Gasteiger partial charge in [-0.3, -0.25) is 4.79 Å². The minimum atomic E-state index is 0.287. The summed E-state index contributed by atoms with van der Waals surface area (Å²) in [7, 11) is 0. The van der Waals surface area contributed by atoms with E-state index in [2.05, 4.69) is 24.0 Å². The second-order valence-electron chi connectivity index (χ2n) is 4.64. The summed E-state index contributed by atoms with van der Waals surface area (Å²) in [5.74, 6) is 0.287. The van der Waals surface area contributed by atoms with Gasteiger partial charge in [-0.2, -0.15) is 0 Å². The van der Waals surface area contributed by atoms with Gasteiger partial charge in [0.05, 0.1) is 0 Å². The van der Waals surface area contributed by atoms with Crippen molar-refractivity contribution in [3.63, 3.8) is 0 Å². The maximum Gasteiger partial charge on any atom is 0.222 e. The first-order valence-corrected chi connectivity index (χ1v) is 6.51. The first kappa shape index (κ1) is 12.7. The molecule has 1 aromatic carbocycles. The highest BCUT2D eigenvalue weighted by molar-refractivity contribution is 5.76. The number of nitrogens with one attached hydrogen (secondary N) is 1. The van der Waals surface area contributed by atoms with Crippen LogP contribution < -0.4 is 5.32 Å². The van der Waals surface area contributed by atoms with Gasteiger partial charge in [0.15, 0.2) is 0 Å². The lowest BCUT2D eigenvalue weighted by molar-refractivity contribution is -0.133. The van der Waals surface area contributed by atoms with E-state index in [0.717, 1.165) is 38.2 Å². The van der Waals surface area contributed by atoms with Gasteiger partial charge in [-0.05, 0) is 30.5 Å². The molecule has 2 rings (SSSR count). The molecule has 0 aromatic heterocycles. The van der Waals surface area contributed by atoms with Crippen LogP contribution in [0.5, 0.6) is 0 Å². The second kappa shape index (κ2) is 6.24. The van der Waals surface area contributed by atoms with Crippen LogP contribution >= 0.6 is 0 Å². The van der Waals surface area contributed by atoms with Gasteiger partial charge in [-0.1, -0.05) is 18.2 Å². The number of likely N-dealkylation sites (tertiary alicyclic amines) is 1. The fraction of sp³-hybridized carbons (Fsp3) is 0.400. The van der Waals surface area contributed by atoms with E-state index in [1.165, 1.54) is 5.56 Å². The highest BCUT2D eigenvalue weighted by Gasteiger charge is 2.17. The van der Waals surface area contributed by atoms with Crippen LogP contribution in [0.25, 0.3) is 0 Å². The third-order valence-corrected chi connectivity index (χ3v) is 3.20. The molecule has 1 saturated heterocycles. The van der Waals surface area contributed by atoms with E-state index in [1.807, 2.05) is 23.1 Å². The van der Waals surface area contributed by atoms with Gasteiger partial charge in [0, 0.05) is 31.7 Å². The molecular weight excluding hydrogens is 224 g/mol. The van der Waals surface area contributed by atoms with Crippen molar-refractivity contribution in [2.75, 3.05) is 18.4 Å². The van der Waals surface area contributed by atoms with Crippen molar-refractivity contribution in [3.05, 3.63) is 42.5 Å². The van der Waals surface area contributed by atoms with Crippen LogP contribution in [0.2, 0.25) is 0 Å². The summed E-state index contributed by atoms with van der Waals surface area (Å²) in [4.78, 5) is 13.7. The Morgan fingerprint density at radius 1 is 1.28 bits per heavy atom. The molecule has 96 valence electrons. The normalized spacial score (nSPS) is 15.6. The van der Waals surface area contributed by atoms with E-state index in [-0.39, 0.29) is 5.91 Å². The average molecular weight is 244 g/mol. The summed E-state index contributed by atoms with van der Waals surface area (Å²) in [6.45, 7) is 6.07. The van der Waals surface area contributed by atoms with Gasteiger partial charge in [0.1, 0.15) is 0 Å². The maximum atomic E-state index is 11.7. The minimum absolute atomic E-state index is 0.287. The molecule has 3 nitrogen and oxygen atoms in total. The average Bonchev–Trinajstić information content (AvgIpc) is 2.41. The van der Waals surface area contributed by atoms with Crippen molar-refractivity contribution < 1.29 is 4.79 Å². The predicted octanol–water partition coefficient (Wildman–Crippen LogP) is 2.80. The van der Waals surface area contributed by atoms with Crippen molar-refractivity contribution in [1.82, 2.24) is 4.90 Å². The Balaban J connectivity index is 1.92. The highest BCUT2D eigenvalue weighted by Crippen LogP contribution is 2.16. The van der Waals surface area contributed by atoms with Gasteiger partial charge in [0.25, 0.3) is 0 Å². The molecule has 1 aliphatic heterocycles. The SMILES string of the molecule is C=CCNc1ccc(CN2CCCCC2=O)cc1. The third-order valence-electron chi connectivity index (χ3n) is 3.20. The molecule has 0 bridgehead atoms. The first-order valence-electron chi connectivity index (χ1n) is 6.51. The molecule has 1 amide bonds. The Labute approximate surface area is 108 Å². The molecule has 1 fully saturated rings. The van der Waals surface area contributed by atoms with E-state index in [4.69, 9.17) is 0 Å². The zero-order valence-electron chi connectivity index (χ0n) is 10.7. The van der Waals surface area contributed by atoms with E-state index >= 15 is 0 Å². The molecule has 1 N–H and O–H groups in total. The van der Waals surface area contributed by atoms with E-state index in [0.29, 0.717) is 6.42 Å². The molecule has 1 heterocycles. The van der Waals surface area contributed by atoms with Crippen LogP contribution in [0.15, 0.2) is 36.9 Å². The summed E-state index contributed by atoms with van der Waals surface area (Å²) in [5.41, 5.74) is 2.28. The summed E-state index contributed by atoms with van der Waals surface area (Å²) in [5, 5.41) is 3.24. The van der Waals surface area contributed by atoms with Gasteiger partial charge >= 0.3 is 0 Å².